The summed E-state index contributed by atoms with van der Waals surface area (Å²) in [5.41, 5.74) is 5.46. The van der Waals surface area contributed by atoms with Gasteiger partial charge in [0, 0.05) is 12.6 Å². The van der Waals surface area contributed by atoms with E-state index >= 15 is 0 Å². The van der Waals surface area contributed by atoms with Crippen molar-refractivity contribution in [2.75, 3.05) is 11.9 Å². The highest BCUT2D eigenvalue weighted by molar-refractivity contribution is 5.94. The fourth-order valence-electron chi connectivity index (χ4n) is 2.03. The number of benzene rings is 1. The summed E-state index contributed by atoms with van der Waals surface area (Å²) in [5, 5.41) is 2.35. The summed E-state index contributed by atoms with van der Waals surface area (Å²) in [7, 11) is 0. The third-order valence-corrected chi connectivity index (χ3v) is 3.17. The third kappa shape index (κ3) is 3.08. The second-order valence-corrected chi connectivity index (χ2v) is 4.63. The normalized spacial score (nSPS) is 22.5. The molecule has 0 spiro atoms. The lowest BCUT2D eigenvalue weighted by Crippen LogP contribution is -2.30. The second kappa shape index (κ2) is 5.63. The molecule has 2 unspecified atom stereocenters. The minimum atomic E-state index is -0.666. The molecule has 0 aromatic heterocycles. The number of carbonyl (C=O) groups is 1. The average molecular weight is 270 g/mol. The second-order valence-electron chi connectivity index (χ2n) is 4.63. The molecule has 0 bridgehead atoms. The predicted molar refractivity (Wildman–Crippen MR) is 66.7 cm³/mol. The summed E-state index contributed by atoms with van der Waals surface area (Å²) in [4.78, 5) is 11.9. The number of hydrogen-bond donors (Lipinski definition) is 2. The van der Waals surface area contributed by atoms with Crippen LogP contribution in [0.3, 0.4) is 0 Å². The number of nitrogens with one attached hydrogen (secondary N) is 1. The Kier molecular flexibility index (Phi) is 4.11. The van der Waals surface area contributed by atoms with E-state index in [1.165, 1.54) is 6.92 Å². The van der Waals surface area contributed by atoms with Crippen LogP contribution in [-0.4, -0.2) is 24.7 Å². The average Bonchev–Trinajstić information content (AvgIpc) is 2.84. The lowest BCUT2D eigenvalue weighted by Gasteiger charge is -2.13. The van der Waals surface area contributed by atoms with Gasteiger partial charge in [-0.05, 0) is 31.4 Å². The summed E-state index contributed by atoms with van der Waals surface area (Å²) in [6.45, 7) is 1.80. The highest BCUT2D eigenvalue weighted by atomic mass is 19.1. The molecular formula is C13H16F2N2O2. The molecule has 1 saturated heterocycles. The Morgan fingerprint density at radius 1 is 1.42 bits per heavy atom. The van der Waals surface area contributed by atoms with Crippen LogP contribution in [-0.2, 0) is 9.53 Å². The fraction of sp³-hybridized carbons (Fsp3) is 0.462. The van der Waals surface area contributed by atoms with E-state index in [1.54, 1.807) is 0 Å². The van der Waals surface area contributed by atoms with Gasteiger partial charge in [-0.3, -0.25) is 4.79 Å². The van der Waals surface area contributed by atoms with E-state index in [2.05, 4.69) is 5.32 Å². The maximum absolute atomic E-state index is 13.6. The molecule has 2 rings (SSSR count). The standard InChI is InChI=1S/C13H16F2N2O2/c1-7-4-10(15)11(5-9(7)14)17-13(18)12-3-2-8(6-16)19-12/h4-5,8,12H,2-3,6,16H2,1H3,(H,17,18). The predicted octanol–water partition coefficient (Wildman–Crippen LogP) is 1.72. The van der Waals surface area contributed by atoms with Crippen molar-refractivity contribution >= 4 is 11.6 Å². The number of anilines is 1. The maximum atomic E-state index is 13.6. The van der Waals surface area contributed by atoms with E-state index in [0.29, 0.717) is 19.4 Å². The van der Waals surface area contributed by atoms with Crippen molar-refractivity contribution in [2.45, 2.75) is 32.0 Å². The summed E-state index contributed by atoms with van der Waals surface area (Å²) in [6.07, 6.45) is 0.427. The molecule has 0 saturated carbocycles. The van der Waals surface area contributed by atoms with E-state index in [-0.39, 0.29) is 17.4 Å². The first kappa shape index (κ1) is 13.9. The molecule has 3 N–H and O–H groups in total. The van der Waals surface area contributed by atoms with Gasteiger partial charge in [0.25, 0.3) is 5.91 Å². The Hall–Kier alpha value is -1.53. The molecule has 1 amide bonds. The number of rotatable bonds is 3. The molecule has 19 heavy (non-hydrogen) atoms. The van der Waals surface area contributed by atoms with Crippen molar-refractivity contribution in [3.8, 4) is 0 Å². The van der Waals surface area contributed by atoms with Crippen molar-refractivity contribution in [3.05, 3.63) is 29.3 Å². The van der Waals surface area contributed by atoms with Gasteiger partial charge in [-0.1, -0.05) is 0 Å². The smallest absolute Gasteiger partial charge is 0.253 e. The van der Waals surface area contributed by atoms with Crippen LogP contribution in [0.25, 0.3) is 0 Å². The molecule has 0 radical (unpaired) electrons. The first-order valence-electron chi connectivity index (χ1n) is 6.13. The molecule has 2 atom stereocenters. The van der Waals surface area contributed by atoms with Crippen LogP contribution in [0.4, 0.5) is 14.5 Å². The highest BCUT2D eigenvalue weighted by Gasteiger charge is 2.30. The van der Waals surface area contributed by atoms with Crippen LogP contribution >= 0.6 is 0 Å². The number of aryl methyl sites for hydroxylation is 1. The van der Waals surface area contributed by atoms with Crippen LogP contribution in [0.1, 0.15) is 18.4 Å². The van der Waals surface area contributed by atoms with Crippen molar-refractivity contribution < 1.29 is 18.3 Å². The first-order valence-corrected chi connectivity index (χ1v) is 6.13. The number of halogens is 2. The van der Waals surface area contributed by atoms with Crippen LogP contribution in [0.15, 0.2) is 12.1 Å². The molecule has 1 fully saturated rings. The van der Waals surface area contributed by atoms with Gasteiger partial charge in [0.15, 0.2) is 0 Å². The summed E-state index contributed by atoms with van der Waals surface area (Å²) in [5.74, 6) is -1.71. The summed E-state index contributed by atoms with van der Waals surface area (Å²) < 4.78 is 32.3. The third-order valence-electron chi connectivity index (χ3n) is 3.17. The minimum Gasteiger partial charge on any atom is -0.364 e. The number of ether oxygens (including phenoxy) is 1. The Bertz CT molecular complexity index is 494. The number of amides is 1. The fourth-order valence-corrected chi connectivity index (χ4v) is 2.03. The molecule has 4 nitrogen and oxygen atoms in total. The SMILES string of the molecule is Cc1cc(F)c(NC(=O)C2CCC(CN)O2)cc1F. The summed E-state index contributed by atoms with van der Waals surface area (Å²) in [6, 6.07) is 2.01. The van der Waals surface area contributed by atoms with Crippen LogP contribution in [0.5, 0.6) is 0 Å². The quantitative estimate of drug-likeness (QED) is 0.879. The van der Waals surface area contributed by atoms with Crippen molar-refractivity contribution in [2.24, 2.45) is 5.73 Å². The Balaban J connectivity index is 2.05. The molecular weight excluding hydrogens is 254 g/mol. The lowest BCUT2D eigenvalue weighted by atomic mass is 10.1. The molecule has 0 aliphatic carbocycles. The van der Waals surface area contributed by atoms with Crippen LogP contribution in [0, 0.1) is 18.6 Å². The largest absolute Gasteiger partial charge is 0.364 e. The van der Waals surface area contributed by atoms with Gasteiger partial charge in [-0.25, -0.2) is 8.78 Å². The maximum Gasteiger partial charge on any atom is 0.253 e. The van der Waals surface area contributed by atoms with E-state index < -0.39 is 23.6 Å². The highest BCUT2D eigenvalue weighted by Crippen LogP contribution is 2.23. The lowest BCUT2D eigenvalue weighted by molar-refractivity contribution is -0.126. The van der Waals surface area contributed by atoms with Gasteiger partial charge < -0.3 is 15.8 Å². The monoisotopic (exact) mass is 270 g/mol. The topological polar surface area (TPSA) is 64.4 Å². The van der Waals surface area contributed by atoms with Gasteiger partial charge in [-0.2, -0.15) is 0 Å². The van der Waals surface area contributed by atoms with E-state index in [4.69, 9.17) is 10.5 Å². The zero-order chi connectivity index (χ0) is 14.0. The zero-order valence-electron chi connectivity index (χ0n) is 10.6. The van der Waals surface area contributed by atoms with Gasteiger partial charge >= 0.3 is 0 Å². The van der Waals surface area contributed by atoms with E-state index in [9.17, 15) is 13.6 Å². The Labute approximate surface area is 109 Å². The first-order chi connectivity index (χ1) is 9.01. The van der Waals surface area contributed by atoms with Gasteiger partial charge in [-0.15, -0.1) is 0 Å². The zero-order valence-corrected chi connectivity index (χ0v) is 10.6. The van der Waals surface area contributed by atoms with E-state index in [0.717, 1.165) is 12.1 Å². The molecule has 6 heteroatoms. The van der Waals surface area contributed by atoms with Gasteiger partial charge in [0.1, 0.15) is 17.7 Å². The Morgan fingerprint density at radius 3 is 2.79 bits per heavy atom. The van der Waals surface area contributed by atoms with Crippen molar-refractivity contribution in [3.63, 3.8) is 0 Å². The van der Waals surface area contributed by atoms with Gasteiger partial charge in [0.05, 0.1) is 11.8 Å². The summed E-state index contributed by atoms with van der Waals surface area (Å²) >= 11 is 0. The molecule has 104 valence electrons. The van der Waals surface area contributed by atoms with Gasteiger partial charge in [0.2, 0.25) is 0 Å². The van der Waals surface area contributed by atoms with Crippen LogP contribution < -0.4 is 11.1 Å². The number of hydrogen-bond acceptors (Lipinski definition) is 3. The molecule has 1 aliphatic heterocycles. The number of carbonyl (C=O) groups excluding carboxylic acids is 1. The molecule has 1 aromatic rings. The molecule has 1 aliphatic rings. The number of nitrogens with two attached hydrogens (primary N) is 1. The molecule has 1 aromatic carbocycles. The van der Waals surface area contributed by atoms with E-state index in [1.807, 2.05) is 0 Å². The van der Waals surface area contributed by atoms with Crippen molar-refractivity contribution in [1.82, 2.24) is 0 Å². The Morgan fingerprint density at radius 2 is 2.16 bits per heavy atom. The molecule has 1 heterocycles. The van der Waals surface area contributed by atoms with Crippen LogP contribution in [0.2, 0.25) is 0 Å². The van der Waals surface area contributed by atoms with Crippen molar-refractivity contribution in [1.29, 1.82) is 0 Å². The minimum absolute atomic E-state index is 0.143.